The number of thiazole rings is 1. The molecule has 1 amide bonds. The largest absolute Gasteiger partial charge is 0.483 e. The van der Waals surface area contributed by atoms with Crippen molar-refractivity contribution in [3.8, 4) is 5.75 Å². The quantitative estimate of drug-likeness (QED) is 0.434. The summed E-state index contributed by atoms with van der Waals surface area (Å²) in [6.07, 6.45) is 0. The second-order valence-electron chi connectivity index (χ2n) is 6.84. The van der Waals surface area contributed by atoms with Crippen LogP contribution < -0.4 is 21.3 Å². The standard InChI is InChI=1S/C20H24N4O2S/c1-11(2)15-6-5-12(3)7-16(15)26-10-18(25)22-14-8-13(4)19-17(9-14)27-20(23-19)24-21/h5-9,11H,10,21H2,1-4H3,(H,22,25)(H,23,24). The summed E-state index contributed by atoms with van der Waals surface area (Å²) in [5.74, 6) is 6.31. The van der Waals surface area contributed by atoms with Crippen molar-refractivity contribution >= 4 is 38.3 Å². The number of rotatable bonds is 6. The number of aromatic nitrogens is 1. The lowest BCUT2D eigenvalue weighted by molar-refractivity contribution is -0.118. The van der Waals surface area contributed by atoms with Gasteiger partial charge in [-0.3, -0.25) is 10.2 Å². The lowest BCUT2D eigenvalue weighted by Gasteiger charge is -2.15. The topological polar surface area (TPSA) is 89.3 Å². The van der Waals surface area contributed by atoms with Gasteiger partial charge in [0.1, 0.15) is 5.75 Å². The molecule has 0 aliphatic heterocycles. The summed E-state index contributed by atoms with van der Waals surface area (Å²) in [6.45, 7) is 8.13. The molecule has 0 aliphatic rings. The molecule has 4 N–H and O–H groups in total. The van der Waals surface area contributed by atoms with Gasteiger partial charge >= 0.3 is 0 Å². The molecular formula is C20H24N4O2S. The monoisotopic (exact) mass is 384 g/mol. The number of carbonyl (C=O) groups is 1. The van der Waals surface area contributed by atoms with E-state index in [0.29, 0.717) is 16.7 Å². The zero-order chi connectivity index (χ0) is 19.6. The molecule has 0 saturated carbocycles. The number of aryl methyl sites for hydroxylation is 2. The summed E-state index contributed by atoms with van der Waals surface area (Å²) < 4.78 is 6.76. The Morgan fingerprint density at radius 1 is 1.26 bits per heavy atom. The fourth-order valence-corrected chi connectivity index (χ4v) is 3.81. The number of nitrogen functional groups attached to an aromatic ring is 1. The molecule has 142 valence electrons. The first kappa shape index (κ1) is 19.1. The summed E-state index contributed by atoms with van der Waals surface area (Å²) in [7, 11) is 0. The average molecular weight is 385 g/mol. The van der Waals surface area contributed by atoms with Gasteiger partial charge in [0.2, 0.25) is 0 Å². The number of hydrogen-bond acceptors (Lipinski definition) is 6. The third-order valence-electron chi connectivity index (χ3n) is 4.24. The Kier molecular flexibility index (Phi) is 5.62. The van der Waals surface area contributed by atoms with Crippen LogP contribution in [-0.4, -0.2) is 17.5 Å². The number of nitrogens with zero attached hydrogens (tertiary/aromatic N) is 1. The predicted octanol–water partition coefficient (Wildman–Crippen LogP) is 4.34. The fourth-order valence-electron chi connectivity index (χ4n) is 2.91. The van der Waals surface area contributed by atoms with Crippen LogP contribution in [0.25, 0.3) is 10.2 Å². The molecule has 3 aromatic rings. The van der Waals surface area contributed by atoms with Gasteiger partial charge in [0.25, 0.3) is 5.91 Å². The molecule has 0 saturated heterocycles. The van der Waals surface area contributed by atoms with Crippen molar-refractivity contribution < 1.29 is 9.53 Å². The Balaban J connectivity index is 1.71. The number of ether oxygens (including phenoxy) is 1. The summed E-state index contributed by atoms with van der Waals surface area (Å²) in [4.78, 5) is 16.8. The maximum atomic E-state index is 12.4. The van der Waals surface area contributed by atoms with E-state index in [2.05, 4.69) is 41.7 Å². The first-order chi connectivity index (χ1) is 12.9. The van der Waals surface area contributed by atoms with Crippen molar-refractivity contribution in [2.45, 2.75) is 33.6 Å². The Bertz CT molecular complexity index is 982. The van der Waals surface area contributed by atoms with Crippen molar-refractivity contribution in [3.05, 3.63) is 47.0 Å². The molecule has 0 unspecified atom stereocenters. The zero-order valence-corrected chi connectivity index (χ0v) is 16.7. The third kappa shape index (κ3) is 4.37. The fraction of sp³-hybridized carbons (Fsp3) is 0.300. The highest BCUT2D eigenvalue weighted by Crippen LogP contribution is 2.31. The summed E-state index contributed by atoms with van der Waals surface area (Å²) >= 11 is 1.44. The smallest absolute Gasteiger partial charge is 0.262 e. The molecule has 3 rings (SSSR count). The summed E-state index contributed by atoms with van der Waals surface area (Å²) in [5.41, 5.74) is 7.33. The minimum absolute atomic E-state index is 0.0431. The Hall–Kier alpha value is -2.64. The van der Waals surface area contributed by atoms with Crippen molar-refractivity contribution in [3.63, 3.8) is 0 Å². The number of nitrogens with one attached hydrogen (secondary N) is 2. The molecule has 0 radical (unpaired) electrons. The molecule has 0 spiro atoms. The highest BCUT2D eigenvalue weighted by molar-refractivity contribution is 7.22. The highest BCUT2D eigenvalue weighted by Gasteiger charge is 2.12. The first-order valence-electron chi connectivity index (χ1n) is 8.78. The van der Waals surface area contributed by atoms with Crippen LogP contribution in [0, 0.1) is 13.8 Å². The van der Waals surface area contributed by atoms with E-state index in [1.807, 2.05) is 32.0 Å². The third-order valence-corrected chi connectivity index (χ3v) is 5.18. The van der Waals surface area contributed by atoms with Crippen molar-refractivity contribution in [1.29, 1.82) is 0 Å². The number of hydrazine groups is 1. The average Bonchev–Trinajstić information content (AvgIpc) is 3.03. The number of amides is 1. The molecule has 0 atom stereocenters. The van der Waals surface area contributed by atoms with E-state index in [9.17, 15) is 4.79 Å². The maximum absolute atomic E-state index is 12.4. The van der Waals surface area contributed by atoms with Gasteiger partial charge in [-0.25, -0.2) is 10.8 Å². The summed E-state index contributed by atoms with van der Waals surface area (Å²) in [5, 5.41) is 3.54. The number of anilines is 2. The van der Waals surface area contributed by atoms with E-state index in [4.69, 9.17) is 10.6 Å². The van der Waals surface area contributed by atoms with Crippen LogP contribution in [0.15, 0.2) is 30.3 Å². The van der Waals surface area contributed by atoms with Gasteiger partial charge in [-0.15, -0.1) is 0 Å². The molecule has 0 bridgehead atoms. The van der Waals surface area contributed by atoms with Crippen LogP contribution in [0.2, 0.25) is 0 Å². The van der Waals surface area contributed by atoms with E-state index >= 15 is 0 Å². The number of benzene rings is 2. The van der Waals surface area contributed by atoms with Crippen LogP contribution in [0.5, 0.6) is 5.75 Å². The predicted molar refractivity (Wildman–Crippen MR) is 112 cm³/mol. The van der Waals surface area contributed by atoms with Crippen molar-refractivity contribution in [2.75, 3.05) is 17.3 Å². The number of nitrogens with two attached hydrogens (primary N) is 1. The summed E-state index contributed by atoms with van der Waals surface area (Å²) in [6, 6.07) is 9.87. The number of fused-ring (bicyclic) bond motifs is 1. The van der Waals surface area contributed by atoms with Gasteiger partial charge in [0.15, 0.2) is 11.7 Å². The SMILES string of the molecule is Cc1ccc(C(C)C)c(OCC(=O)Nc2cc(C)c3nc(NN)sc3c2)c1. The van der Waals surface area contributed by atoms with Gasteiger partial charge < -0.3 is 10.1 Å². The van der Waals surface area contributed by atoms with E-state index in [1.54, 1.807) is 0 Å². The first-order valence-corrected chi connectivity index (χ1v) is 9.60. The molecule has 27 heavy (non-hydrogen) atoms. The van der Waals surface area contributed by atoms with Crippen LogP contribution >= 0.6 is 11.3 Å². The minimum Gasteiger partial charge on any atom is -0.483 e. The Labute approximate surface area is 162 Å². The highest BCUT2D eigenvalue weighted by atomic mass is 32.1. The van der Waals surface area contributed by atoms with Crippen molar-refractivity contribution in [1.82, 2.24) is 4.98 Å². The van der Waals surface area contributed by atoms with Gasteiger partial charge in [-0.1, -0.05) is 37.3 Å². The van der Waals surface area contributed by atoms with Crippen molar-refractivity contribution in [2.24, 2.45) is 5.84 Å². The van der Waals surface area contributed by atoms with E-state index in [1.165, 1.54) is 11.3 Å². The van der Waals surface area contributed by atoms with Crippen LogP contribution in [0.4, 0.5) is 10.8 Å². The van der Waals surface area contributed by atoms with Crippen LogP contribution in [-0.2, 0) is 4.79 Å². The molecule has 6 nitrogen and oxygen atoms in total. The lowest BCUT2D eigenvalue weighted by atomic mass is 10.0. The van der Waals surface area contributed by atoms with Gasteiger partial charge in [0.05, 0.1) is 10.2 Å². The Morgan fingerprint density at radius 2 is 2.04 bits per heavy atom. The molecular weight excluding hydrogens is 360 g/mol. The second-order valence-corrected chi connectivity index (χ2v) is 7.87. The van der Waals surface area contributed by atoms with Gasteiger partial charge in [0, 0.05) is 5.69 Å². The minimum atomic E-state index is -0.202. The number of hydrogen-bond donors (Lipinski definition) is 3. The lowest BCUT2D eigenvalue weighted by Crippen LogP contribution is -2.20. The molecule has 0 fully saturated rings. The zero-order valence-electron chi connectivity index (χ0n) is 15.9. The Morgan fingerprint density at radius 3 is 2.74 bits per heavy atom. The maximum Gasteiger partial charge on any atom is 0.262 e. The van der Waals surface area contributed by atoms with Crippen LogP contribution in [0.3, 0.4) is 0 Å². The molecule has 0 aliphatic carbocycles. The molecule has 1 aromatic heterocycles. The van der Waals surface area contributed by atoms with E-state index in [0.717, 1.165) is 32.7 Å². The van der Waals surface area contributed by atoms with E-state index in [-0.39, 0.29) is 12.5 Å². The van der Waals surface area contributed by atoms with Gasteiger partial charge in [-0.05, 0) is 54.7 Å². The molecule has 2 aromatic carbocycles. The molecule has 7 heteroatoms. The number of carbonyl (C=O) groups excluding carboxylic acids is 1. The van der Waals surface area contributed by atoms with E-state index < -0.39 is 0 Å². The normalized spacial score (nSPS) is 11.0. The van der Waals surface area contributed by atoms with Gasteiger partial charge in [-0.2, -0.15) is 0 Å². The second kappa shape index (κ2) is 7.94. The van der Waals surface area contributed by atoms with Crippen LogP contribution in [0.1, 0.15) is 36.5 Å². The molecule has 1 heterocycles.